The highest BCUT2D eigenvalue weighted by atomic mass is 35.5. The molecule has 0 aliphatic heterocycles. The largest absolute Gasteiger partial charge is 0.454 e. The van der Waals surface area contributed by atoms with Crippen molar-refractivity contribution in [3.8, 4) is 0 Å². The molecule has 29 heavy (non-hydrogen) atoms. The van der Waals surface area contributed by atoms with Crippen molar-refractivity contribution in [1.29, 1.82) is 0 Å². The van der Waals surface area contributed by atoms with E-state index in [1.165, 1.54) is 31.3 Å². The fraction of sp³-hybridized carbons (Fsp3) is 0.300. The Bertz CT molecular complexity index is 1030. The maximum Gasteiger partial charge on any atom is 0.340 e. The summed E-state index contributed by atoms with van der Waals surface area (Å²) in [6.45, 7) is 4.61. The average molecular weight is 442 g/mol. The first-order valence-electron chi connectivity index (χ1n) is 8.58. The minimum atomic E-state index is -4.05. The van der Waals surface area contributed by atoms with E-state index < -0.39 is 33.8 Å². The second-order valence-corrected chi connectivity index (χ2v) is 9.72. The molecule has 0 radical (unpaired) electrons. The number of carbonyl (C=O) groups is 2. The first kappa shape index (κ1) is 22.8. The number of ketones is 1. The van der Waals surface area contributed by atoms with Gasteiger partial charge in [-0.2, -0.15) is 0 Å². The number of halogens is 2. The Morgan fingerprint density at radius 3 is 2.24 bits per heavy atom. The fourth-order valence-electron chi connectivity index (χ4n) is 2.19. The van der Waals surface area contributed by atoms with Crippen molar-refractivity contribution in [1.82, 2.24) is 0 Å². The van der Waals surface area contributed by atoms with E-state index in [4.69, 9.17) is 16.3 Å². The van der Waals surface area contributed by atoms with Crippen LogP contribution >= 0.6 is 11.6 Å². The molecular formula is C20H21ClFNO5S. The van der Waals surface area contributed by atoms with Crippen LogP contribution in [-0.4, -0.2) is 33.8 Å². The van der Waals surface area contributed by atoms with E-state index in [2.05, 4.69) is 0 Å². The summed E-state index contributed by atoms with van der Waals surface area (Å²) in [7, 11) is -2.75. The molecule has 2 rings (SSSR count). The van der Waals surface area contributed by atoms with Crippen molar-refractivity contribution >= 4 is 39.1 Å². The molecule has 0 bridgehead atoms. The molecule has 9 heteroatoms. The Kier molecular flexibility index (Phi) is 6.70. The zero-order valence-corrected chi connectivity index (χ0v) is 18.0. The molecule has 2 aromatic rings. The van der Waals surface area contributed by atoms with Crippen molar-refractivity contribution in [2.45, 2.75) is 25.7 Å². The van der Waals surface area contributed by atoms with Gasteiger partial charge >= 0.3 is 5.97 Å². The Morgan fingerprint density at radius 2 is 1.69 bits per heavy atom. The molecule has 0 fully saturated rings. The zero-order valence-electron chi connectivity index (χ0n) is 16.4. The van der Waals surface area contributed by atoms with Crippen LogP contribution in [0.5, 0.6) is 0 Å². The number of hydrogen-bond acceptors (Lipinski definition) is 5. The van der Waals surface area contributed by atoms with E-state index in [0.29, 0.717) is 0 Å². The van der Waals surface area contributed by atoms with Crippen LogP contribution in [0.2, 0.25) is 5.02 Å². The van der Waals surface area contributed by atoms with Gasteiger partial charge in [0.2, 0.25) is 0 Å². The van der Waals surface area contributed by atoms with E-state index in [1.807, 2.05) is 0 Å². The maximum absolute atomic E-state index is 13.1. The van der Waals surface area contributed by atoms with Gasteiger partial charge in [-0.15, -0.1) is 0 Å². The SMILES string of the molecule is CN(c1ccc(F)cc1)S(=O)(=O)c1ccc(Cl)c(C(=O)OCC(=O)C(C)(C)C)c1. The minimum Gasteiger partial charge on any atom is -0.454 e. The molecule has 0 saturated carbocycles. The van der Waals surface area contributed by atoms with Gasteiger partial charge in [0.25, 0.3) is 10.0 Å². The lowest BCUT2D eigenvalue weighted by atomic mass is 9.91. The monoisotopic (exact) mass is 441 g/mol. The molecule has 2 aromatic carbocycles. The molecule has 0 spiro atoms. The third-order valence-corrected chi connectivity index (χ3v) is 6.29. The predicted molar refractivity (Wildman–Crippen MR) is 108 cm³/mol. The van der Waals surface area contributed by atoms with E-state index >= 15 is 0 Å². The summed E-state index contributed by atoms with van der Waals surface area (Å²) in [6, 6.07) is 8.49. The van der Waals surface area contributed by atoms with E-state index in [0.717, 1.165) is 22.5 Å². The quantitative estimate of drug-likeness (QED) is 0.631. The summed E-state index contributed by atoms with van der Waals surface area (Å²) in [5, 5.41) is -0.0124. The first-order valence-corrected chi connectivity index (χ1v) is 10.4. The van der Waals surface area contributed by atoms with Gasteiger partial charge in [0.15, 0.2) is 12.4 Å². The van der Waals surface area contributed by atoms with Crippen molar-refractivity contribution in [3.63, 3.8) is 0 Å². The van der Waals surface area contributed by atoms with Gasteiger partial charge in [-0.1, -0.05) is 32.4 Å². The van der Waals surface area contributed by atoms with Crippen LogP contribution in [0.1, 0.15) is 31.1 Å². The smallest absolute Gasteiger partial charge is 0.340 e. The Morgan fingerprint density at radius 1 is 1.10 bits per heavy atom. The van der Waals surface area contributed by atoms with Crippen LogP contribution in [0.15, 0.2) is 47.4 Å². The zero-order chi connectivity index (χ0) is 22.0. The summed E-state index contributed by atoms with van der Waals surface area (Å²) in [5.41, 5.74) is -0.629. The normalized spacial score (nSPS) is 11.8. The lowest BCUT2D eigenvalue weighted by Gasteiger charge is -2.20. The van der Waals surface area contributed by atoms with Crippen molar-refractivity contribution in [2.24, 2.45) is 5.41 Å². The fourth-order valence-corrected chi connectivity index (χ4v) is 3.61. The third kappa shape index (κ3) is 5.33. The second-order valence-electron chi connectivity index (χ2n) is 7.34. The molecule has 6 nitrogen and oxygen atoms in total. The molecule has 0 N–H and O–H groups in total. The topological polar surface area (TPSA) is 80.8 Å². The molecule has 0 amide bonds. The number of sulfonamides is 1. The highest BCUT2D eigenvalue weighted by molar-refractivity contribution is 7.92. The highest BCUT2D eigenvalue weighted by Crippen LogP contribution is 2.26. The summed E-state index contributed by atoms with van der Waals surface area (Å²) in [5.74, 6) is -1.70. The molecule has 0 unspecified atom stereocenters. The number of anilines is 1. The molecule has 0 aliphatic rings. The van der Waals surface area contributed by atoms with Crippen LogP contribution in [-0.2, 0) is 19.6 Å². The lowest BCUT2D eigenvalue weighted by molar-refractivity contribution is -0.129. The molecule has 0 aliphatic carbocycles. The number of nitrogens with zero attached hydrogens (tertiary/aromatic N) is 1. The van der Waals surface area contributed by atoms with Gasteiger partial charge in [0.05, 0.1) is 21.2 Å². The average Bonchev–Trinajstić information content (AvgIpc) is 2.65. The summed E-state index contributed by atoms with van der Waals surface area (Å²) in [4.78, 5) is 24.1. The van der Waals surface area contributed by atoms with Crippen molar-refractivity contribution in [2.75, 3.05) is 18.0 Å². The van der Waals surface area contributed by atoms with Crippen LogP contribution in [0.4, 0.5) is 10.1 Å². The molecular weight excluding hydrogens is 421 g/mol. The Labute approximate surface area is 174 Å². The van der Waals surface area contributed by atoms with Gasteiger partial charge in [0.1, 0.15) is 5.82 Å². The number of ether oxygens (including phenoxy) is 1. The molecule has 0 heterocycles. The number of esters is 1. The second kappa shape index (κ2) is 8.51. The predicted octanol–water partition coefficient (Wildman–Crippen LogP) is 4.08. The number of carbonyl (C=O) groups excluding carboxylic acids is 2. The Hall–Kier alpha value is -2.45. The van der Waals surface area contributed by atoms with Gasteiger partial charge in [-0.25, -0.2) is 17.6 Å². The maximum atomic E-state index is 13.1. The summed E-state index contributed by atoms with van der Waals surface area (Å²) in [6.07, 6.45) is 0. The summed E-state index contributed by atoms with van der Waals surface area (Å²) >= 11 is 6.02. The number of rotatable bonds is 6. The number of hydrogen-bond donors (Lipinski definition) is 0. The van der Waals surface area contributed by atoms with E-state index in [9.17, 15) is 22.4 Å². The van der Waals surface area contributed by atoms with Gasteiger partial charge in [-0.05, 0) is 42.5 Å². The molecule has 0 atom stereocenters. The van der Waals surface area contributed by atoms with Crippen LogP contribution in [0.25, 0.3) is 0 Å². The minimum absolute atomic E-state index is 0.0124. The summed E-state index contributed by atoms with van der Waals surface area (Å²) < 4.78 is 44.8. The standard InChI is InChI=1S/C20H21ClFNO5S/c1-20(2,3)18(24)12-28-19(25)16-11-15(9-10-17(16)21)29(26,27)23(4)14-7-5-13(22)6-8-14/h5-11H,12H2,1-4H3. The van der Waals surface area contributed by atoms with E-state index in [-0.39, 0.29) is 27.0 Å². The van der Waals surface area contributed by atoms with Crippen LogP contribution < -0.4 is 4.31 Å². The van der Waals surface area contributed by atoms with Gasteiger partial charge in [0, 0.05) is 12.5 Å². The number of Topliss-reactive ketones (excluding diaryl/α,β-unsaturated/α-hetero) is 1. The van der Waals surface area contributed by atoms with Gasteiger partial charge in [-0.3, -0.25) is 9.10 Å². The van der Waals surface area contributed by atoms with Crippen molar-refractivity contribution < 1.29 is 27.1 Å². The van der Waals surface area contributed by atoms with Crippen molar-refractivity contribution in [3.05, 3.63) is 58.9 Å². The Balaban J connectivity index is 2.30. The molecule has 156 valence electrons. The number of benzene rings is 2. The van der Waals surface area contributed by atoms with Crippen LogP contribution in [0, 0.1) is 11.2 Å². The van der Waals surface area contributed by atoms with Gasteiger partial charge < -0.3 is 4.74 Å². The lowest BCUT2D eigenvalue weighted by Crippen LogP contribution is -2.27. The third-order valence-electron chi connectivity index (χ3n) is 4.18. The molecule has 0 saturated heterocycles. The molecule has 0 aromatic heterocycles. The van der Waals surface area contributed by atoms with E-state index in [1.54, 1.807) is 20.8 Å². The highest BCUT2D eigenvalue weighted by Gasteiger charge is 2.26. The van der Waals surface area contributed by atoms with Crippen LogP contribution in [0.3, 0.4) is 0 Å². The first-order chi connectivity index (χ1) is 13.3.